The van der Waals surface area contributed by atoms with Crippen molar-refractivity contribution in [2.45, 2.75) is 73.1 Å². The van der Waals surface area contributed by atoms with Crippen molar-refractivity contribution in [1.29, 1.82) is 0 Å². The summed E-state index contributed by atoms with van der Waals surface area (Å²) >= 11 is 0. The SMILES string of the molecule is CCCCc1nc(CC)c(CCNCC(C)C)c(CC)n1. The first-order valence-corrected chi connectivity index (χ1v) is 8.70. The van der Waals surface area contributed by atoms with Crippen LogP contribution < -0.4 is 5.32 Å². The third kappa shape index (κ3) is 6.13. The smallest absolute Gasteiger partial charge is 0.128 e. The van der Waals surface area contributed by atoms with Crippen LogP contribution >= 0.6 is 0 Å². The molecule has 3 heteroatoms. The molecule has 1 N–H and O–H groups in total. The predicted molar refractivity (Wildman–Crippen MR) is 90.8 cm³/mol. The van der Waals surface area contributed by atoms with Crippen LogP contribution in [0.2, 0.25) is 0 Å². The minimum Gasteiger partial charge on any atom is -0.316 e. The first-order chi connectivity index (χ1) is 10.1. The van der Waals surface area contributed by atoms with Crippen LogP contribution in [0.25, 0.3) is 0 Å². The fourth-order valence-electron chi connectivity index (χ4n) is 2.56. The number of rotatable bonds is 10. The molecule has 0 atom stereocenters. The molecule has 0 spiro atoms. The van der Waals surface area contributed by atoms with Gasteiger partial charge in [-0.15, -0.1) is 0 Å². The Bertz CT molecular complexity index is 388. The van der Waals surface area contributed by atoms with Gasteiger partial charge in [-0.3, -0.25) is 0 Å². The molecule has 1 rings (SSSR count). The topological polar surface area (TPSA) is 37.8 Å². The average Bonchev–Trinajstić information content (AvgIpc) is 2.49. The molecule has 0 amide bonds. The lowest BCUT2D eigenvalue weighted by Crippen LogP contribution is -2.23. The average molecular weight is 291 g/mol. The molecule has 1 heterocycles. The second kappa shape index (κ2) is 9.88. The molecular formula is C18H33N3. The van der Waals surface area contributed by atoms with Crippen LogP contribution in [0.3, 0.4) is 0 Å². The number of unbranched alkanes of at least 4 members (excludes halogenated alkanes) is 1. The summed E-state index contributed by atoms with van der Waals surface area (Å²) in [5.41, 5.74) is 3.91. The van der Waals surface area contributed by atoms with Crippen molar-refractivity contribution in [1.82, 2.24) is 15.3 Å². The maximum Gasteiger partial charge on any atom is 0.128 e. The van der Waals surface area contributed by atoms with Gasteiger partial charge < -0.3 is 5.32 Å². The molecule has 0 radical (unpaired) electrons. The highest BCUT2D eigenvalue weighted by Gasteiger charge is 2.12. The normalized spacial score (nSPS) is 11.3. The Morgan fingerprint density at radius 2 is 1.57 bits per heavy atom. The summed E-state index contributed by atoms with van der Waals surface area (Å²) in [6.45, 7) is 13.2. The second-order valence-corrected chi connectivity index (χ2v) is 6.17. The quantitative estimate of drug-likeness (QED) is 0.667. The highest BCUT2D eigenvalue weighted by atomic mass is 14.9. The second-order valence-electron chi connectivity index (χ2n) is 6.17. The maximum atomic E-state index is 4.81. The maximum absolute atomic E-state index is 4.81. The van der Waals surface area contributed by atoms with Crippen molar-refractivity contribution >= 4 is 0 Å². The molecular weight excluding hydrogens is 258 g/mol. The number of aromatic nitrogens is 2. The number of nitrogens with one attached hydrogen (secondary N) is 1. The third-order valence-electron chi connectivity index (χ3n) is 3.75. The summed E-state index contributed by atoms with van der Waals surface area (Å²) < 4.78 is 0. The molecule has 0 saturated carbocycles. The Labute approximate surface area is 131 Å². The highest BCUT2D eigenvalue weighted by molar-refractivity contribution is 5.27. The minimum atomic E-state index is 0.703. The van der Waals surface area contributed by atoms with Crippen LogP contribution in [0, 0.1) is 5.92 Å². The van der Waals surface area contributed by atoms with Crippen molar-refractivity contribution in [3.8, 4) is 0 Å². The van der Waals surface area contributed by atoms with Crippen molar-refractivity contribution in [2.24, 2.45) is 5.92 Å². The van der Waals surface area contributed by atoms with E-state index in [1.807, 2.05) is 0 Å². The monoisotopic (exact) mass is 291 g/mol. The van der Waals surface area contributed by atoms with Crippen LogP contribution in [0.5, 0.6) is 0 Å². The molecule has 1 aromatic heterocycles. The van der Waals surface area contributed by atoms with Gasteiger partial charge in [0, 0.05) is 17.8 Å². The van der Waals surface area contributed by atoms with E-state index in [9.17, 15) is 0 Å². The zero-order valence-corrected chi connectivity index (χ0v) is 14.6. The zero-order chi connectivity index (χ0) is 15.7. The lowest BCUT2D eigenvalue weighted by molar-refractivity contribution is 0.552. The van der Waals surface area contributed by atoms with Gasteiger partial charge in [-0.2, -0.15) is 0 Å². The van der Waals surface area contributed by atoms with E-state index in [1.54, 1.807) is 0 Å². The Morgan fingerprint density at radius 1 is 0.952 bits per heavy atom. The van der Waals surface area contributed by atoms with Gasteiger partial charge in [-0.1, -0.05) is 41.0 Å². The van der Waals surface area contributed by atoms with E-state index in [0.29, 0.717) is 5.92 Å². The summed E-state index contributed by atoms with van der Waals surface area (Å²) in [5, 5.41) is 3.53. The number of hydrogen-bond acceptors (Lipinski definition) is 3. The van der Waals surface area contributed by atoms with Gasteiger partial charge in [0.2, 0.25) is 0 Å². The Morgan fingerprint density at radius 3 is 2.05 bits per heavy atom. The standard InChI is InChI=1S/C18H33N3/c1-6-9-10-18-20-16(7-2)15(17(8-3)21-18)11-12-19-13-14(4)5/h14,19H,6-13H2,1-5H3. The Kier molecular flexibility index (Phi) is 8.51. The van der Waals surface area contributed by atoms with E-state index in [2.05, 4.69) is 39.9 Å². The van der Waals surface area contributed by atoms with Crippen LogP contribution in [-0.2, 0) is 25.7 Å². The molecule has 0 aromatic carbocycles. The van der Waals surface area contributed by atoms with Gasteiger partial charge in [0.1, 0.15) is 5.82 Å². The summed E-state index contributed by atoms with van der Waals surface area (Å²) in [5.74, 6) is 1.75. The van der Waals surface area contributed by atoms with Crippen LogP contribution in [-0.4, -0.2) is 23.1 Å². The molecule has 0 unspecified atom stereocenters. The van der Waals surface area contributed by atoms with Gasteiger partial charge in [0.15, 0.2) is 0 Å². The molecule has 0 aliphatic heterocycles. The van der Waals surface area contributed by atoms with E-state index in [4.69, 9.17) is 9.97 Å². The van der Waals surface area contributed by atoms with E-state index in [1.165, 1.54) is 29.8 Å². The molecule has 1 aromatic rings. The molecule has 3 nitrogen and oxygen atoms in total. The van der Waals surface area contributed by atoms with Crippen LogP contribution in [0.1, 0.15) is 70.2 Å². The van der Waals surface area contributed by atoms with Crippen molar-refractivity contribution in [3.05, 3.63) is 22.8 Å². The van der Waals surface area contributed by atoms with Crippen molar-refractivity contribution in [2.75, 3.05) is 13.1 Å². The lowest BCUT2D eigenvalue weighted by Gasteiger charge is -2.15. The first kappa shape index (κ1) is 18.1. The Balaban J connectivity index is 2.80. The van der Waals surface area contributed by atoms with Gasteiger partial charge >= 0.3 is 0 Å². The van der Waals surface area contributed by atoms with Crippen molar-refractivity contribution < 1.29 is 0 Å². The van der Waals surface area contributed by atoms with E-state index >= 15 is 0 Å². The third-order valence-corrected chi connectivity index (χ3v) is 3.75. The number of nitrogens with zero attached hydrogens (tertiary/aromatic N) is 2. The van der Waals surface area contributed by atoms with E-state index in [-0.39, 0.29) is 0 Å². The zero-order valence-electron chi connectivity index (χ0n) is 14.6. The molecule has 0 aliphatic carbocycles. The van der Waals surface area contributed by atoms with Gasteiger partial charge in [0.25, 0.3) is 0 Å². The largest absolute Gasteiger partial charge is 0.316 e. The Hall–Kier alpha value is -0.960. The summed E-state index contributed by atoms with van der Waals surface area (Å²) in [6.07, 6.45) is 6.46. The molecule has 0 fully saturated rings. The predicted octanol–water partition coefficient (Wildman–Crippen LogP) is 3.73. The minimum absolute atomic E-state index is 0.703. The van der Waals surface area contributed by atoms with Gasteiger partial charge in [-0.05, 0) is 50.3 Å². The highest BCUT2D eigenvalue weighted by Crippen LogP contribution is 2.15. The molecule has 0 aliphatic rings. The summed E-state index contributed by atoms with van der Waals surface area (Å²) in [7, 11) is 0. The van der Waals surface area contributed by atoms with E-state index in [0.717, 1.165) is 44.6 Å². The van der Waals surface area contributed by atoms with Crippen molar-refractivity contribution in [3.63, 3.8) is 0 Å². The lowest BCUT2D eigenvalue weighted by atomic mass is 10.0. The van der Waals surface area contributed by atoms with Gasteiger partial charge in [0.05, 0.1) is 0 Å². The summed E-state index contributed by atoms with van der Waals surface area (Å²) in [6, 6.07) is 0. The molecule has 21 heavy (non-hydrogen) atoms. The fourth-order valence-corrected chi connectivity index (χ4v) is 2.56. The van der Waals surface area contributed by atoms with Crippen LogP contribution in [0.15, 0.2) is 0 Å². The fraction of sp³-hybridized carbons (Fsp3) is 0.778. The van der Waals surface area contributed by atoms with Gasteiger partial charge in [-0.25, -0.2) is 9.97 Å². The van der Waals surface area contributed by atoms with E-state index < -0.39 is 0 Å². The molecule has 0 bridgehead atoms. The number of hydrogen-bond donors (Lipinski definition) is 1. The number of aryl methyl sites for hydroxylation is 3. The first-order valence-electron chi connectivity index (χ1n) is 8.70. The summed E-state index contributed by atoms with van der Waals surface area (Å²) in [4.78, 5) is 9.62. The molecule has 0 saturated heterocycles. The molecule has 120 valence electrons. The van der Waals surface area contributed by atoms with Crippen LogP contribution in [0.4, 0.5) is 0 Å².